The summed E-state index contributed by atoms with van der Waals surface area (Å²) in [5.74, 6) is 1.54. The van der Waals surface area contributed by atoms with Crippen LogP contribution >= 0.6 is 0 Å². The van der Waals surface area contributed by atoms with Crippen molar-refractivity contribution in [2.45, 2.75) is 26.7 Å². The van der Waals surface area contributed by atoms with Crippen molar-refractivity contribution in [1.29, 1.82) is 0 Å². The molecule has 0 N–H and O–H groups in total. The largest absolute Gasteiger partial charge is 0.299 e. The van der Waals surface area contributed by atoms with E-state index in [4.69, 9.17) is 0 Å². The lowest BCUT2D eigenvalue weighted by Gasteiger charge is -2.30. The Morgan fingerprint density at radius 2 is 2.38 bits per heavy atom. The van der Waals surface area contributed by atoms with E-state index in [0.717, 1.165) is 6.42 Å². The number of hydrogen-bond donors (Lipinski definition) is 0. The summed E-state index contributed by atoms with van der Waals surface area (Å²) in [7, 11) is 0. The van der Waals surface area contributed by atoms with E-state index in [-0.39, 0.29) is 0 Å². The predicted octanol–water partition coefficient (Wildman–Crippen LogP) is 1.62. The van der Waals surface area contributed by atoms with Gasteiger partial charge in [-0.2, -0.15) is 0 Å². The van der Waals surface area contributed by atoms with Crippen molar-refractivity contribution in [3.05, 3.63) is 0 Å². The first kappa shape index (κ1) is 5.80. The van der Waals surface area contributed by atoms with Crippen LogP contribution < -0.4 is 0 Å². The van der Waals surface area contributed by atoms with Gasteiger partial charge in [0, 0.05) is 12.3 Å². The summed E-state index contributed by atoms with van der Waals surface area (Å²) < 4.78 is 0. The summed E-state index contributed by atoms with van der Waals surface area (Å²) in [6.45, 7) is 4.17. The van der Waals surface area contributed by atoms with Crippen LogP contribution in [0.1, 0.15) is 26.7 Å². The van der Waals surface area contributed by atoms with Crippen LogP contribution in [0.3, 0.4) is 0 Å². The van der Waals surface area contributed by atoms with Crippen molar-refractivity contribution in [1.82, 2.24) is 0 Å². The Morgan fingerprint density at radius 1 is 1.75 bits per heavy atom. The molecule has 46 valence electrons. The highest BCUT2D eigenvalue weighted by molar-refractivity contribution is 5.86. The summed E-state index contributed by atoms with van der Waals surface area (Å²) in [4.78, 5) is 10.6. The van der Waals surface area contributed by atoms with Crippen LogP contribution in [0.5, 0.6) is 0 Å². The maximum absolute atomic E-state index is 10.6. The van der Waals surface area contributed by atoms with E-state index in [1.807, 2.05) is 6.92 Å². The second-order valence-electron chi connectivity index (χ2n) is 2.63. The van der Waals surface area contributed by atoms with Gasteiger partial charge in [0.2, 0.25) is 0 Å². The Labute approximate surface area is 50.1 Å². The standard InChI is InChI=1S/C7H12O/c1-3-6-4-7(8)5(6)2/h5-6H,3-4H2,1-2H3. The topological polar surface area (TPSA) is 17.1 Å². The van der Waals surface area contributed by atoms with Crippen LogP contribution in [0, 0.1) is 11.8 Å². The SMILES string of the molecule is CCC1CC(=O)C1C. The van der Waals surface area contributed by atoms with Crippen molar-refractivity contribution < 1.29 is 4.79 Å². The number of carbonyl (C=O) groups is 1. The lowest BCUT2D eigenvalue weighted by Crippen LogP contribution is -2.33. The molecule has 0 aliphatic heterocycles. The van der Waals surface area contributed by atoms with Gasteiger partial charge < -0.3 is 0 Å². The van der Waals surface area contributed by atoms with E-state index >= 15 is 0 Å². The molecule has 1 heteroatoms. The molecule has 2 unspecified atom stereocenters. The fourth-order valence-electron chi connectivity index (χ4n) is 1.22. The Hall–Kier alpha value is -0.330. The molecule has 0 bridgehead atoms. The summed E-state index contributed by atoms with van der Waals surface area (Å²) in [5, 5.41) is 0. The molecule has 0 spiro atoms. The summed E-state index contributed by atoms with van der Waals surface area (Å²) >= 11 is 0. The average Bonchev–Trinajstić information content (AvgIpc) is 1.81. The van der Waals surface area contributed by atoms with Gasteiger partial charge in [-0.15, -0.1) is 0 Å². The molecular formula is C7H12O. The normalized spacial score (nSPS) is 37.0. The molecule has 1 aliphatic carbocycles. The van der Waals surface area contributed by atoms with E-state index in [1.165, 1.54) is 6.42 Å². The first-order valence-corrected chi connectivity index (χ1v) is 3.28. The Kier molecular flexibility index (Phi) is 1.37. The number of hydrogen-bond acceptors (Lipinski definition) is 1. The first-order valence-electron chi connectivity index (χ1n) is 3.28. The lowest BCUT2D eigenvalue weighted by atomic mass is 9.72. The Balaban J connectivity index is 2.35. The molecule has 0 radical (unpaired) electrons. The van der Waals surface area contributed by atoms with Crippen molar-refractivity contribution in [2.24, 2.45) is 11.8 Å². The minimum absolute atomic E-state index is 0.375. The minimum atomic E-state index is 0.375. The van der Waals surface area contributed by atoms with Crippen molar-refractivity contribution in [3.63, 3.8) is 0 Å². The quantitative estimate of drug-likeness (QED) is 0.503. The lowest BCUT2D eigenvalue weighted by molar-refractivity contribution is -0.133. The number of Topliss-reactive ketones (excluding diaryl/α,β-unsaturated/α-hetero) is 1. The van der Waals surface area contributed by atoms with Gasteiger partial charge in [0.05, 0.1) is 0 Å². The number of carbonyl (C=O) groups excluding carboxylic acids is 1. The van der Waals surface area contributed by atoms with E-state index < -0.39 is 0 Å². The maximum atomic E-state index is 10.6. The Morgan fingerprint density at radius 3 is 2.50 bits per heavy atom. The summed E-state index contributed by atoms with van der Waals surface area (Å²) in [6, 6.07) is 0. The smallest absolute Gasteiger partial charge is 0.136 e. The average molecular weight is 112 g/mol. The molecule has 0 amide bonds. The number of ketones is 1. The zero-order chi connectivity index (χ0) is 6.15. The molecule has 1 saturated carbocycles. The van der Waals surface area contributed by atoms with Gasteiger partial charge in [0.15, 0.2) is 0 Å². The molecule has 1 aliphatic rings. The summed E-state index contributed by atoms with van der Waals surface area (Å²) in [6.07, 6.45) is 2.02. The zero-order valence-corrected chi connectivity index (χ0v) is 5.48. The van der Waals surface area contributed by atoms with Gasteiger partial charge in [-0.1, -0.05) is 20.3 Å². The van der Waals surface area contributed by atoms with Crippen molar-refractivity contribution in [2.75, 3.05) is 0 Å². The monoisotopic (exact) mass is 112 g/mol. The van der Waals surface area contributed by atoms with Crippen LogP contribution in [0.4, 0.5) is 0 Å². The van der Waals surface area contributed by atoms with E-state index in [2.05, 4.69) is 6.92 Å². The van der Waals surface area contributed by atoms with Gasteiger partial charge in [-0.3, -0.25) is 4.79 Å². The molecule has 1 rings (SSSR count). The predicted molar refractivity (Wildman–Crippen MR) is 32.6 cm³/mol. The minimum Gasteiger partial charge on any atom is -0.299 e. The second kappa shape index (κ2) is 1.88. The second-order valence-corrected chi connectivity index (χ2v) is 2.63. The molecule has 0 saturated heterocycles. The van der Waals surface area contributed by atoms with Gasteiger partial charge in [-0.05, 0) is 5.92 Å². The highest BCUT2D eigenvalue weighted by atomic mass is 16.1. The molecule has 8 heavy (non-hydrogen) atoms. The van der Waals surface area contributed by atoms with E-state index in [9.17, 15) is 4.79 Å². The molecule has 1 fully saturated rings. The van der Waals surface area contributed by atoms with Crippen LogP contribution in [-0.2, 0) is 4.79 Å². The third-order valence-corrected chi connectivity index (χ3v) is 2.20. The summed E-state index contributed by atoms with van der Waals surface area (Å²) in [5.41, 5.74) is 0. The van der Waals surface area contributed by atoms with E-state index in [1.54, 1.807) is 0 Å². The fourth-order valence-corrected chi connectivity index (χ4v) is 1.22. The van der Waals surface area contributed by atoms with Crippen molar-refractivity contribution in [3.8, 4) is 0 Å². The van der Waals surface area contributed by atoms with Crippen LogP contribution in [0.25, 0.3) is 0 Å². The molecule has 0 heterocycles. The van der Waals surface area contributed by atoms with Crippen LogP contribution in [0.15, 0.2) is 0 Å². The third kappa shape index (κ3) is 0.662. The molecule has 0 aromatic carbocycles. The van der Waals surface area contributed by atoms with Crippen LogP contribution in [-0.4, -0.2) is 5.78 Å². The van der Waals surface area contributed by atoms with Gasteiger partial charge in [-0.25, -0.2) is 0 Å². The van der Waals surface area contributed by atoms with Gasteiger partial charge >= 0.3 is 0 Å². The number of rotatable bonds is 1. The molecule has 1 nitrogen and oxygen atoms in total. The van der Waals surface area contributed by atoms with Gasteiger partial charge in [0.25, 0.3) is 0 Å². The fraction of sp³-hybridized carbons (Fsp3) is 0.857. The van der Waals surface area contributed by atoms with Crippen molar-refractivity contribution >= 4 is 5.78 Å². The highest BCUT2D eigenvalue weighted by Crippen LogP contribution is 2.32. The zero-order valence-electron chi connectivity index (χ0n) is 5.48. The Bertz CT molecular complexity index is 107. The molecular weight excluding hydrogens is 100 g/mol. The molecule has 0 aromatic heterocycles. The first-order chi connectivity index (χ1) is 3.75. The van der Waals surface area contributed by atoms with Gasteiger partial charge in [0.1, 0.15) is 5.78 Å². The van der Waals surface area contributed by atoms with E-state index in [0.29, 0.717) is 17.6 Å². The maximum Gasteiger partial charge on any atom is 0.136 e. The molecule has 2 atom stereocenters. The molecule has 0 aromatic rings. The third-order valence-electron chi connectivity index (χ3n) is 2.20. The highest BCUT2D eigenvalue weighted by Gasteiger charge is 2.33. The van der Waals surface area contributed by atoms with Crippen LogP contribution in [0.2, 0.25) is 0 Å².